The molecule has 0 unspecified atom stereocenters. The van der Waals surface area contributed by atoms with Crippen LogP contribution >= 0.6 is 0 Å². The van der Waals surface area contributed by atoms with Crippen molar-refractivity contribution >= 4 is 11.5 Å². The van der Waals surface area contributed by atoms with E-state index >= 15 is 0 Å². The first-order valence-corrected chi connectivity index (χ1v) is 10.7. The van der Waals surface area contributed by atoms with Crippen molar-refractivity contribution in [2.45, 2.75) is 53.5 Å². The van der Waals surface area contributed by atoms with Gasteiger partial charge in [-0.15, -0.1) is 0 Å². The number of hydrogen-bond acceptors (Lipinski definition) is 5. The normalized spacial score (nSPS) is 14.3. The van der Waals surface area contributed by atoms with E-state index in [0.717, 1.165) is 58.9 Å². The Balaban J connectivity index is 1.72. The Morgan fingerprint density at radius 3 is 2.52 bits per heavy atom. The van der Waals surface area contributed by atoms with Crippen LogP contribution in [0, 0.1) is 26.7 Å². The molecule has 156 valence electrons. The average molecular weight is 396 g/mol. The summed E-state index contributed by atoms with van der Waals surface area (Å²) in [4.78, 5) is 9.34. The van der Waals surface area contributed by atoms with Crippen molar-refractivity contribution in [3.8, 4) is 11.3 Å². The standard InChI is InChI=1S/C23H33N5O/c1-7-12-27(13-18-8-9-18)14-20-16(3)25-28-22(17(4)29-23(20)28)19-10-11-21(26(5)6)24-15(19)2/h10-11,18H,7-9,12-14H2,1-6H3. The van der Waals surface area contributed by atoms with E-state index in [-0.39, 0.29) is 0 Å². The van der Waals surface area contributed by atoms with E-state index in [0.29, 0.717) is 0 Å². The number of anilines is 1. The lowest BCUT2D eigenvalue weighted by Crippen LogP contribution is -2.26. The van der Waals surface area contributed by atoms with Crippen molar-refractivity contribution in [3.05, 3.63) is 34.8 Å². The molecule has 0 saturated heterocycles. The van der Waals surface area contributed by atoms with Gasteiger partial charge in [0.25, 0.3) is 0 Å². The highest BCUT2D eigenvalue weighted by molar-refractivity contribution is 5.69. The first-order chi connectivity index (χ1) is 13.9. The molecule has 1 saturated carbocycles. The van der Waals surface area contributed by atoms with Gasteiger partial charge in [0.15, 0.2) is 0 Å². The maximum atomic E-state index is 6.27. The molecule has 0 radical (unpaired) electrons. The molecular weight excluding hydrogens is 362 g/mol. The van der Waals surface area contributed by atoms with Gasteiger partial charge in [0.1, 0.15) is 17.3 Å². The Hall–Kier alpha value is -2.34. The number of aryl methyl sites for hydroxylation is 3. The van der Waals surface area contributed by atoms with E-state index in [1.165, 1.54) is 31.4 Å². The van der Waals surface area contributed by atoms with Crippen molar-refractivity contribution in [2.24, 2.45) is 5.92 Å². The van der Waals surface area contributed by atoms with Gasteiger partial charge in [-0.25, -0.2) is 4.98 Å². The number of fused-ring (bicyclic) bond motifs is 1. The molecule has 0 spiro atoms. The molecule has 0 N–H and O–H groups in total. The molecule has 1 aliphatic carbocycles. The second-order valence-electron chi connectivity index (χ2n) is 8.66. The Morgan fingerprint density at radius 1 is 1.14 bits per heavy atom. The molecule has 6 heteroatoms. The predicted molar refractivity (Wildman–Crippen MR) is 118 cm³/mol. The SMILES string of the molecule is CCCN(Cc1c(C)nn2c(-c3ccc(N(C)C)nc3C)c(C)oc12)CC1CC1. The van der Waals surface area contributed by atoms with Gasteiger partial charge in [-0.1, -0.05) is 6.92 Å². The second-order valence-corrected chi connectivity index (χ2v) is 8.66. The summed E-state index contributed by atoms with van der Waals surface area (Å²) >= 11 is 0. The molecule has 29 heavy (non-hydrogen) atoms. The number of pyridine rings is 1. The zero-order valence-corrected chi connectivity index (χ0v) is 18.6. The van der Waals surface area contributed by atoms with Crippen LogP contribution in [-0.4, -0.2) is 46.7 Å². The molecule has 0 bridgehead atoms. The van der Waals surface area contributed by atoms with E-state index in [9.17, 15) is 0 Å². The molecule has 4 rings (SSSR count). The number of oxazole rings is 1. The van der Waals surface area contributed by atoms with Gasteiger partial charge in [-0.05, 0) is 64.6 Å². The highest BCUT2D eigenvalue weighted by Gasteiger charge is 2.27. The van der Waals surface area contributed by atoms with Crippen molar-refractivity contribution < 1.29 is 4.42 Å². The molecule has 3 aromatic rings. The third-order valence-electron chi connectivity index (χ3n) is 5.85. The van der Waals surface area contributed by atoms with Gasteiger partial charge in [-0.2, -0.15) is 9.61 Å². The largest absolute Gasteiger partial charge is 0.441 e. The van der Waals surface area contributed by atoms with Crippen LogP contribution in [0.1, 0.15) is 48.9 Å². The van der Waals surface area contributed by atoms with Crippen LogP contribution in [-0.2, 0) is 6.54 Å². The maximum Gasteiger partial charge on any atom is 0.227 e. The highest BCUT2D eigenvalue weighted by atomic mass is 16.4. The molecule has 6 nitrogen and oxygen atoms in total. The maximum absolute atomic E-state index is 6.27. The van der Waals surface area contributed by atoms with Crippen molar-refractivity contribution in [2.75, 3.05) is 32.1 Å². The number of nitrogens with zero attached hydrogens (tertiary/aromatic N) is 5. The van der Waals surface area contributed by atoms with Gasteiger partial charge in [0.2, 0.25) is 5.71 Å². The van der Waals surface area contributed by atoms with Crippen LogP contribution in [0.25, 0.3) is 17.0 Å². The molecule has 3 heterocycles. The fourth-order valence-electron chi connectivity index (χ4n) is 4.11. The summed E-state index contributed by atoms with van der Waals surface area (Å²) in [5.74, 6) is 2.72. The first-order valence-electron chi connectivity index (χ1n) is 10.7. The lowest BCUT2D eigenvalue weighted by molar-refractivity contribution is 0.254. The molecule has 3 aromatic heterocycles. The third kappa shape index (κ3) is 3.90. The van der Waals surface area contributed by atoms with Crippen molar-refractivity contribution in [1.29, 1.82) is 0 Å². The number of aromatic nitrogens is 3. The van der Waals surface area contributed by atoms with Gasteiger partial charge in [0.05, 0.1) is 11.3 Å². The molecule has 0 aliphatic heterocycles. The molecular formula is C23H33N5O. The lowest BCUT2D eigenvalue weighted by Gasteiger charge is -2.20. The van der Waals surface area contributed by atoms with E-state index in [1.807, 2.05) is 30.4 Å². The van der Waals surface area contributed by atoms with E-state index < -0.39 is 0 Å². The van der Waals surface area contributed by atoms with Crippen LogP contribution < -0.4 is 4.90 Å². The minimum absolute atomic E-state index is 0.878. The molecule has 0 amide bonds. The van der Waals surface area contributed by atoms with E-state index in [1.54, 1.807) is 0 Å². The molecule has 1 aliphatic rings. The minimum atomic E-state index is 0.878. The average Bonchev–Trinajstić information content (AvgIpc) is 3.36. The smallest absolute Gasteiger partial charge is 0.227 e. The Kier molecular flexibility index (Phi) is 5.38. The fraction of sp³-hybridized carbons (Fsp3) is 0.565. The van der Waals surface area contributed by atoms with Crippen LogP contribution in [0.15, 0.2) is 16.5 Å². The quantitative estimate of drug-likeness (QED) is 0.558. The van der Waals surface area contributed by atoms with Crippen LogP contribution in [0.2, 0.25) is 0 Å². The van der Waals surface area contributed by atoms with E-state index in [4.69, 9.17) is 14.5 Å². The predicted octanol–water partition coefficient (Wildman–Crippen LogP) is 4.60. The summed E-state index contributed by atoms with van der Waals surface area (Å²) in [6, 6.07) is 4.18. The van der Waals surface area contributed by atoms with Crippen LogP contribution in [0.4, 0.5) is 5.82 Å². The van der Waals surface area contributed by atoms with Gasteiger partial charge in [-0.3, -0.25) is 4.90 Å². The first kappa shape index (κ1) is 20.0. The topological polar surface area (TPSA) is 49.8 Å². The summed E-state index contributed by atoms with van der Waals surface area (Å²) in [7, 11) is 4.02. The van der Waals surface area contributed by atoms with Crippen molar-refractivity contribution in [3.63, 3.8) is 0 Å². The van der Waals surface area contributed by atoms with E-state index in [2.05, 4.69) is 37.8 Å². The fourth-order valence-corrected chi connectivity index (χ4v) is 4.11. The second kappa shape index (κ2) is 7.82. The highest BCUT2D eigenvalue weighted by Crippen LogP contribution is 2.34. The summed E-state index contributed by atoms with van der Waals surface area (Å²) < 4.78 is 8.26. The minimum Gasteiger partial charge on any atom is -0.441 e. The summed E-state index contributed by atoms with van der Waals surface area (Å²) in [6.07, 6.45) is 3.92. The van der Waals surface area contributed by atoms with Crippen LogP contribution in [0.5, 0.6) is 0 Å². The molecule has 1 fully saturated rings. The van der Waals surface area contributed by atoms with Crippen molar-refractivity contribution in [1.82, 2.24) is 19.5 Å². The molecule has 0 atom stereocenters. The Labute approximate surface area is 173 Å². The monoisotopic (exact) mass is 395 g/mol. The summed E-state index contributed by atoms with van der Waals surface area (Å²) in [5, 5.41) is 4.87. The summed E-state index contributed by atoms with van der Waals surface area (Å²) in [6.45, 7) is 11.6. The van der Waals surface area contributed by atoms with Gasteiger partial charge < -0.3 is 9.32 Å². The van der Waals surface area contributed by atoms with Gasteiger partial charge in [0, 0.05) is 38.4 Å². The number of rotatable bonds is 8. The van der Waals surface area contributed by atoms with Gasteiger partial charge >= 0.3 is 0 Å². The van der Waals surface area contributed by atoms with Crippen LogP contribution in [0.3, 0.4) is 0 Å². The Morgan fingerprint density at radius 2 is 1.90 bits per heavy atom. The lowest BCUT2D eigenvalue weighted by atomic mass is 10.1. The number of hydrogen-bond donors (Lipinski definition) is 0. The Bertz CT molecular complexity index is 1010. The zero-order valence-electron chi connectivity index (χ0n) is 18.6. The third-order valence-corrected chi connectivity index (χ3v) is 5.85. The zero-order chi connectivity index (χ0) is 20.7. The molecule has 0 aromatic carbocycles. The summed E-state index contributed by atoms with van der Waals surface area (Å²) in [5.41, 5.74) is 6.21.